The molecule has 1 heterocycles. The Kier molecular flexibility index (Phi) is 2.60. The summed E-state index contributed by atoms with van der Waals surface area (Å²) in [5.41, 5.74) is -0.669. The Balaban J connectivity index is 1.99. The molecule has 17 heavy (non-hydrogen) atoms. The van der Waals surface area contributed by atoms with E-state index in [1.807, 2.05) is 0 Å². The van der Waals surface area contributed by atoms with Gasteiger partial charge in [-0.1, -0.05) is 0 Å². The summed E-state index contributed by atoms with van der Waals surface area (Å²) >= 11 is 0. The molecule has 2 aliphatic rings. The zero-order valence-electron chi connectivity index (χ0n) is 10.0. The van der Waals surface area contributed by atoms with Gasteiger partial charge in [-0.15, -0.1) is 0 Å². The second-order valence-corrected chi connectivity index (χ2v) is 5.68. The lowest BCUT2D eigenvalue weighted by molar-refractivity contribution is -0.156. The van der Waals surface area contributed by atoms with Crippen molar-refractivity contribution in [3.8, 4) is 0 Å². The predicted octanol–water partition coefficient (Wildman–Crippen LogP) is 2.80. The lowest BCUT2D eigenvalue weighted by Gasteiger charge is -2.26. The fourth-order valence-corrected chi connectivity index (χ4v) is 2.54. The SMILES string of the molecule is CC(C)(C)OC(=O)N1CC[C@H]2[C@@H]1[C@H]2C(F)(F)F. The van der Waals surface area contributed by atoms with Crippen LogP contribution < -0.4 is 0 Å². The molecule has 0 spiro atoms. The Morgan fingerprint density at radius 2 is 1.88 bits per heavy atom. The molecule has 0 aromatic rings. The summed E-state index contributed by atoms with van der Waals surface area (Å²) in [7, 11) is 0. The second kappa shape index (κ2) is 3.53. The fourth-order valence-electron chi connectivity index (χ4n) is 2.54. The zero-order valence-corrected chi connectivity index (χ0v) is 10.0. The van der Waals surface area contributed by atoms with Gasteiger partial charge in [0.25, 0.3) is 0 Å². The minimum atomic E-state index is -4.20. The highest BCUT2D eigenvalue weighted by molar-refractivity contribution is 5.70. The van der Waals surface area contributed by atoms with Crippen molar-refractivity contribution in [2.75, 3.05) is 6.54 Å². The van der Waals surface area contributed by atoms with Gasteiger partial charge in [-0.3, -0.25) is 0 Å². The van der Waals surface area contributed by atoms with Crippen LogP contribution >= 0.6 is 0 Å². The molecule has 1 amide bonds. The average Bonchev–Trinajstić information content (AvgIpc) is 2.65. The van der Waals surface area contributed by atoms with Gasteiger partial charge in [0.1, 0.15) is 5.60 Å². The van der Waals surface area contributed by atoms with Crippen LogP contribution in [0.15, 0.2) is 0 Å². The first kappa shape index (κ1) is 12.5. The summed E-state index contributed by atoms with van der Waals surface area (Å²) in [4.78, 5) is 12.9. The highest BCUT2D eigenvalue weighted by Gasteiger charge is 2.69. The lowest BCUT2D eigenvalue weighted by Crippen LogP contribution is -2.39. The van der Waals surface area contributed by atoms with E-state index in [1.54, 1.807) is 20.8 Å². The third-order valence-corrected chi connectivity index (χ3v) is 3.20. The van der Waals surface area contributed by atoms with Crippen LogP contribution in [0.25, 0.3) is 0 Å². The molecule has 98 valence electrons. The van der Waals surface area contributed by atoms with Crippen molar-refractivity contribution in [2.45, 2.75) is 45.0 Å². The van der Waals surface area contributed by atoms with Crippen molar-refractivity contribution in [2.24, 2.45) is 11.8 Å². The van der Waals surface area contributed by atoms with Gasteiger partial charge >= 0.3 is 12.3 Å². The van der Waals surface area contributed by atoms with E-state index in [0.717, 1.165) is 0 Å². The molecule has 2 fully saturated rings. The standard InChI is InChI=1S/C11H16F3NO2/c1-10(2,3)17-9(16)15-5-4-6-7(8(6)15)11(12,13)14/h6-8H,4-5H2,1-3H3/t6-,7+,8-/m1/s1. The summed E-state index contributed by atoms with van der Waals surface area (Å²) in [6.07, 6.45) is -4.40. The van der Waals surface area contributed by atoms with Gasteiger partial charge in [-0.05, 0) is 33.1 Å². The van der Waals surface area contributed by atoms with Crippen molar-refractivity contribution < 1.29 is 22.7 Å². The first-order valence-electron chi connectivity index (χ1n) is 5.67. The number of carbonyl (C=O) groups excluding carboxylic acids is 1. The molecule has 0 bridgehead atoms. The van der Waals surface area contributed by atoms with Gasteiger partial charge in [0.2, 0.25) is 0 Å². The number of likely N-dealkylation sites (tertiary alicyclic amines) is 1. The molecule has 3 nitrogen and oxygen atoms in total. The van der Waals surface area contributed by atoms with Crippen molar-refractivity contribution in [3.05, 3.63) is 0 Å². The van der Waals surface area contributed by atoms with E-state index >= 15 is 0 Å². The molecular formula is C11H16F3NO2. The van der Waals surface area contributed by atoms with Crippen LogP contribution in [0.2, 0.25) is 0 Å². The summed E-state index contributed by atoms with van der Waals surface area (Å²) in [5, 5.41) is 0. The van der Waals surface area contributed by atoms with Crippen LogP contribution in [0.1, 0.15) is 27.2 Å². The Morgan fingerprint density at radius 3 is 2.29 bits per heavy atom. The van der Waals surface area contributed by atoms with Crippen molar-refractivity contribution in [1.82, 2.24) is 4.90 Å². The summed E-state index contributed by atoms with van der Waals surface area (Å²) in [5.74, 6) is -1.76. The van der Waals surface area contributed by atoms with Crippen LogP contribution in [0.5, 0.6) is 0 Å². The maximum Gasteiger partial charge on any atom is 0.410 e. The molecule has 1 saturated carbocycles. The smallest absolute Gasteiger partial charge is 0.410 e. The lowest BCUT2D eigenvalue weighted by atomic mass is 10.2. The zero-order chi connectivity index (χ0) is 13.0. The van der Waals surface area contributed by atoms with Gasteiger partial charge in [-0.2, -0.15) is 13.2 Å². The van der Waals surface area contributed by atoms with Crippen molar-refractivity contribution in [3.63, 3.8) is 0 Å². The molecule has 0 aromatic heterocycles. The van der Waals surface area contributed by atoms with E-state index < -0.39 is 35.7 Å². The minimum Gasteiger partial charge on any atom is -0.444 e. The van der Waals surface area contributed by atoms with Crippen LogP contribution in [0.3, 0.4) is 0 Å². The maximum absolute atomic E-state index is 12.6. The van der Waals surface area contributed by atoms with Crippen LogP contribution in [0, 0.1) is 11.8 Å². The highest BCUT2D eigenvalue weighted by Crippen LogP contribution is 2.58. The van der Waals surface area contributed by atoms with Gasteiger partial charge in [0.05, 0.1) is 12.0 Å². The van der Waals surface area contributed by atoms with E-state index in [2.05, 4.69) is 0 Å². The summed E-state index contributed by atoms with van der Waals surface area (Å²) < 4.78 is 42.8. The molecule has 1 aliphatic heterocycles. The Bertz CT molecular complexity index is 335. The highest BCUT2D eigenvalue weighted by atomic mass is 19.4. The number of ether oxygens (including phenoxy) is 1. The predicted molar refractivity (Wildman–Crippen MR) is 54.4 cm³/mol. The Labute approximate surface area is 97.9 Å². The van der Waals surface area contributed by atoms with E-state index in [9.17, 15) is 18.0 Å². The van der Waals surface area contributed by atoms with Gasteiger partial charge in [-0.25, -0.2) is 4.79 Å². The number of rotatable bonds is 0. The number of hydrogen-bond donors (Lipinski definition) is 0. The van der Waals surface area contributed by atoms with Gasteiger partial charge < -0.3 is 9.64 Å². The van der Waals surface area contributed by atoms with Gasteiger partial charge in [0, 0.05) is 6.54 Å². The number of nitrogens with zero attached hydrogens (tertiary/aromatic N) is 1. The normalized spacial score (nSPS) is 32.4. The topological polar surface area (TPSA) is 29.5 Å². The van der Waals surface area contributed by atoms with Crippen LogP contribution in [-0.4, -0.2) is 35.4 Å². The average molecular weight is 251 g/mol. The van der Waals surface area contributed by atoms with E-state index in [-0.39, 0.29) is 0 Å². The molecule has 0 aromatic carbocycles. The number of piperidine rings is 1. The summed E-state index contributed by atoms with van der Waals surface area (Å²) in [6, 6.07) is -0.690. The number of halogens is 3. The molecule has 6 heteroatoms. The number of carbonyl (C=O) groups is 1. The van der Waals surface area contributed by atoms with E-state index in [4.69, 9.17) is 4.74 Å². The maximum atomic E-state index is 12.6. The largest absolute Gasteiger partial charge is 0.444 e. The molecule has 3 atom stereocenters. The van der Waals surface area contributed by atoms with E-state index in [0.29, 0.717) is 13.0 Å². The van der Waals surface area contributed by atoms with Crippen molar-refractivity contribution >= 4 is 6.09 Å². The number of amides is 1. The third-order valence-electron chi connectivity index (χ3n) is 3.20. The van der Waals surface area contributed by atoms with Crippen LogP contribution in [0.4, 0.5) is 18.0 Å². The first-order valence-corrected chi connectivity index (χ1v) is 5.67. The molecule has 0 radical (unpaired) electrons. The second-order valence-electron chi connectivity index (χ2n) is 5.68. The summed E-state index contributed by atoms with van der Waals surface area (Å²) in [6.45, 7) is 5.47. The Hall–Kier alpha value is -0.940. The molecule has 0 unspecified atom stereocenters. The molecule has 2 rings (SSSR count). The third kappa shape index (κ3) is 2.35. The minimum absolute atomic E-state index is 0.372. The number of alkyl halides is 3. The van der Waals surface area contributed by atoms with E-state index in [1.165, 1.54) is 4.90 Å². The molecule has 0 N–H and O–H groups in total. The van der Waals surface area contributed by atoms with Crippen molar-refractivity contribution in [1.29, 1.82) is 0 Å². The fraction of sp³-hybridized carbons (Fsp3) is 0.909. The molecule has 1 saturated heterocycles. The number of fused-ring (bicyclic) bond motifs is 1. The molecule has 1 aliphatic carbocycles. The Morgan fingerprint density at radius 1 is 1.29 bits per heavy atom. The monoisotopic (exact) mass is 251 g/mol. The van der Waals surface area contributed by atoms with Crippen LogP contribution in [-0.2, 0) is 4.74 Å². The molecular weight excluding hydrogens is 235 g/mol. The van der Waals surface area contributed by atoms with Gasteiger partial charge in [0.15, 0.2) is 0 Å². The number of hydrogen-bond acceptors (Lipinski definition) is 2. The first-order chi connectivity index (χ1) is 7.61. The quantitative estimate of drug-likeness (QED) is 0.662.